The number of nitrogens with zero attached hydrogens (tertiary/aromatic N) is 2. The minimum Gasteiger partial charge on any atom is -0.374 e. The van der Waals surface area contributed by atoms with Crippen molar-refractivity contribution in [3.8, 4) is 0 Å². The number of carbonyl (C=O) groups is 1. The summed E-state index contributed by atoms with van der Waals surface area (Å²) in [5, 5.41) is 12.2. The van der Waals surface area contributed by atoms with Gasteiger partial charge in [0.2, 0.25) is 5.91 Å². The summed E-state index contributed by atoms with van der Waals surface area (Å²) in [4.78, 5) is 25.3. The summed E-state index contributed by atoms with van der Waals surface area (Å²) >= 11 is 0. The van der Waals surface area contributed by atoms with E-state index in [0.29, 0.717) is 32.0 Å². The van der Waals surface area contributed by atoms with Gasteiger partial charge in [-0.1, -0.05) is 6.07 Å². The van der Waals surface area contributed by atoms with Crippen LogP contribution in [0.1, 0.15) is 50.1 Å². The Morgan fingerprint density at radius 2 is 1.83 bits per heavy atom. The number of rotatable bonds is 3. The van der Waals surface area contributed by atoms with E-state index in [1.165, 1.54) is 5.56 Å². The molecule has 2 aliphatic heterocycles. The highest BCUT2D eigenvalue weighted by Gasteiger charge is 2.40. The van der Waals surface area contributed by atoms with Crippen LogP contribution in [0.2, 0.25) is 0 Å². The topological polar surface area (TPSA) is 94.7 Å². The normalized spacial score (nSPS) is 27.1. The zero-order chi connectivity index (χ0) is 20.9. The average molecular weight is 415 g/mol. The maximum atomic E-state index is 12.9. The van der Waals surface area contributed by atoms with Crippen molar-refractivity contribution in [3.63, 3.8) is 0 Å². The molecule has 0 bridgehead atoms. The van der Waals surface area contributed by atoms with Gasteiger partial charge in [0, 0.05) is 19.9 Å². The van der Waals surface area contributed by atoms with E-state index in [9.17, 15) is 14.7 Å². The van der Waals surface area contributed by atoms with Gasteiger partial charge in [0.1, 0.15) is 12.3 Å². The standard InChI is InChI=1S/C22H29N3O5/c1-24-18-13-15(12-14-6-8-22(9-7-14)29-10-11-30-22)2-3-16(18)25(21(24)28)17-4-5-19(26)23-20(17)27/h2-3,13-14,17,19,26H,4-12H2,1H3,(H,23,27). The minimum atomic E-state index is -0.833. The van der Waals surface area contributed by atoms with Crippen LogP contribution in [-0.2, 0) is 27.7 Å². The molecule has 1 aromatic heterocycles. The van der Waals surface area contributed by atoms with Gasteiger partial charge < -0.3 is 19.9 Å². The van der Waals surface area contributed by atoms with Crippen LogP contribution in [-0.4, -0.2) is 45.4 Å². The fraction of sp³-hybridized carbons (Fsp3) is 0.636. The van der Waals surface area contributed by atoms with Gasteiger partial charge >= 0.3 is 5.69 Å². The molecule has 1 amide bonds. The fourth-order valence-corrected chi connectivity index (χ4v) is 5.30. The monoisotopic (exact) mass is 415 g/mol. The second kappa shape index (κ2) is 7.51. The Morgan fingerprint density at radius 1 is 1.10 bits per heavy atom. The number of ether oxygens (including phenoxy) is 2. The number of hydrogen-bond acceptors (Lipinski definition) is 5. The number of benzene rings is 1. The molecule has 30 heavy (non-hydrogen) atoms. The predicted molar refractivity (Wildman–Crippen MR) is 110 cm³/mol. The van der Waals surface area contributed by atoms with E-state index >= 15 is 0 Å². The van der Waals surface area contributed by atoms with Crippen molar-refractivity contribution in [2.75, 3.05) is 13.2 Å². The van der Waals surface area contributed by atoms with E-state index < -0.39 is 12.3 Å². The number of amides is 1. The van der Waals surface area contributed by atoms with Crippen molar-refractivity contribution < 1.29 is 19.4 Å². The third-order valence-electron chi connectivity index (χ3n) is 7.00. The zero-order valence-corrected chi connectivity index (χ0v) is 17.3. The first-order valence-electron chi connectivity index (χ1n) is 10.9. The van der Waals surface area contributed by atoms with Crippen molar-refractivity contribution in [2.24, 2.45) is 13.0 Å². The second-order valence-corrected chi connectivity index (χ2v) is 8.91. The zero-order valence-electron chi connectivity index (χ0n) is 17.3. The largest absolute Gasteiger partial charge is 0.374 e. The minimum absolute atomic E-state index is 0.200. The number of aryl methyl sites for hydroxylation is 1. The molecule has 2 aromatic rings. The molecule has 1 saturated carbocycles. The number of nitrogens with one attached hydrogen (secondary N) is 1. The third-order valence-corrected chi connectivity index (χ3v) is 7.00. The highest BCUT2D eigenvalue weighted by Crippen LogP contribution is 2.39. The summed E-state index contributed by atoms with van der Waals surface area (Å²) < 4.78 is 14.8. The van der Waals surface area contributed by atoms with Crippen molar-refractivity contribution >= 4 is 16.9 Å². The predicted octanol–water partition coefficient (Wildman–Crippen LogP) is 1.59. The lowest BCUT2D eigenvalue weighted by atomic mass is 9.81. The Bertz CT molecular complexity index is 1010. The van der Waals surface area contributed by atoms with Gasteiger partial charge in [-0.05, 0) is 55.7 Å². The number of hydrogen-bond donors (Lipinski definition) is 2. The number of imidazole rings is 1. The second-order valence-electron chi connectivity index (χ2n) is 8.91. The molecular weight excluding hydrogens is 386 g/mol. The fourth-order valence-electron chi connectivity index (χ4n) is 5.30. The van der Waals surface area contributed by atoms with Crippen LogP contribution >= 0.6 is 0 Å². The van der Waals surface area contributed by atoms with E-state index in [4.69, 9.17) is 9.47 Å². The van der Waals surface area contributed by atoms with Crippen LogP contribution in [0.5, 0.6) is 0 Å². The lowest BCUT2D eigenvalue weighted by Gasteiger charge is -2.35. The molecule has 162 valence electrons. The molecule has 0 radical (unpaired) electrons. The molecule has 2 N–H and O–H groups in total. The van der Waals surface area contributed by atoms with E-state index in [-0.39, 0.29) is 17.4 Å². The highest BCUT2D eigenvalue weighted by molar-refractivity contribution is 5.85. The van der Waals surface area contributed by atoms with Crippen molar-refractivity contribution in [3.05, 3.63) is 34.2 Å². The molecule has 2 saturated heterocycles. The molecular formula is C22H29N3O5. The summed E-state index contributed by atoms with van der Waals surface area (Å²) in [5.41, 5.74) is 2.60. The van der Waals surface area contributed by atoms with E-state index in [0.717, 1.165) is 43.1 Å². The van der Waals surface area contributed by atoms with Crippen molar-refractivity contribution in [1.82, 2.24) is 14.5 Å². The van der Waals surface area contributed by atoms with Gasteiger partial charge in [-0.25, -0.2) is 4.79 Å². The van der Waals surface area contributed by atoms with Gasteiger partial charge in [0.15, 0.2) is 5.79 Å². The Hall–Kier alpha value is -2.16. The van der Waals surface area contributed by atoms with Crippen LogP contribution in [0.3, 0.4) is 0 Å². The number of carbonyl (C=O) groups excluding carboxylic acids is 1. The van der Waals surface area contributed by atoms with E-state index in [2.05, 4.69) is 17.4 Å². The van der Waals surface area contributed by atoms with E-state index in [1.54, 1.807) is 16.2 Å². The Morgan fingerprint density at radius 3 is 2.53 bits per heavy atom. The molecule has 3 aliphatic rings. The number of aromatic nitrogens is 2. The molecule has 5 rings (SSSR count). The first-order valence-corrected chi connectivity index (χ1v) is 10.9. The van der Waals surface area contributed by atoms with Gasteiger partial charge in [-0.2, -0.15) is 0 Å². The van der Waals surface area contributed by atoms with Gasteiger partial charge in [-0.15, -0.1) is 0 Å². The van der Waals surface area contributed by atoms with Crippen LogP contribution in [0.15, 0.2) is 23.0 Å². The van der Waals surface area contributed by atoms with Gasteiger partial charge in [-0.3, -0.25) is 13.9 Å². The molecule has 1 spiro atoms. The molecule has 8 nitrogen and oxygen atoms in total. The summed E-state index contributed by atoms with van der Waals surface area (Å²) in [6.07, 6.45) is 5.04. The Balaban J connectivity index is 1.37. The first-order chi connectivity index (χ1) is 14.5. The van der Waals surface area contributed by atoms with Crippen molar-refractivity contribution in [1.29, 1.82) is 0 Å². The highest BCUT2D eigenvalue weighted by atomic mass is 16.7. The van der Waals surface area contributed by atoms with Gasteiger partial charge in [0.25, 0.3) is 0 Å². The Kier molecular flexibility index (Phi) is 4.95. The van der Waals surface area contributed by atoms with Crippen LogP contribution in [0, 0.1) is 5.92 Å². The van der Waals surface area contributed by atoms with E-state index in [1.807, 2.05) is 6.07 Å². The molecule has 8 heteroatoms. The van der Waals surface area contributed by atoms with Gasteiger partial charge in [0.05, 0.1) is 24.2 Å². The number of aliphatic hydroxyl groups is 1. The van der Waals surface area contributed by atoms with Crippen molar-refractivity contribution in [2.45, 2.75) is 63.0 Å². The first kappa shape index (κ1) is 19.8. The number of piperidine rings is 1. The van der Waals surface area contributed by atoms with Crippen LogP contribution in [0.4, 0.5) is 0 Å². The van der Waals surface area contributed by atoms with Crippen LogP contribution in [0.25, 0.3) is 11.0 Å². The molecule has 3 fully saturated rings. The quantitative estimate of drug-likeness (QED) is 0.794. The molecule has 2 atom stereocenters. The molecule has 1 aromatic carbocycles. The number of aliphatic hydroxyl groups excluding tert-OH is 1. The molecule has 1 aliphatic carbocycles. The Labute approximate surface area is 174 Å². The average Bonchev–Trinajstić information content (AvgIpc) is 3.28. The summed E-state index contributed by atoms with van der Waals surface area (Å²) in [6, 6.07) is 5.52. The summed E-state index contributed by atoms with van der Waals surface area (Å²) in [7, 11) is 1.75. The third kappa shape index (κ3) is 3.36. The SMILES string of the molecule is Cn1c(=O)n(C2CCC(O)NC2=O)c2ccc(CC3CCC4(CC3)OCCO4)cc21. The summed E-state index contributed by atoms with van der Waals surface area (Å²) in [5.74, 6) is -0.0686. The van der Waals surface area contributed by atoms with Crippen LogP contribution < -0.4 is 11.0 Å². The maximum absolute atomic E-state index is 12.9. The number of fused-ring (bicyclic) bond motifs is 1. The lowest BCUT2D eigenvalue weighted by molar-refractivity contribution is -0.182. The molecule has 2 unspecified atom stereocenters. The molecule has 3 heterocycles. The summed E-state index contributed by atoms with van der Waals surface area (Å²) in [6.45, 7) is 1.40. The lowest BCUT2D eigenvalue weighted by Crippen LogP contribution is -2.46. The maximum Gasteiger partial charge on any atom is 0.329 e. The smallest absolute Gasteiger partial charge is 0.329 e.